The van der Waals surface area contributed by atoms with Crippen LogP contribution in [0.3, 0.4) is 0 Å². The van der Waals surface area contributed by atoms with Crippen molar-refractivity contribution in [2.45, 2.75) is 55.1 Å². The van der Waals surface area contributed by atoms with Crippen LogP contribution in [0.5, 0.6) is 0 Å². The molecule has 3 aliphatic rings. The van der Waals surface area contributed by atoms with Gasteiger partial charge in [-0.15, -0.1) is 0 Å². The Morgan fingerprint density at radius 2 is 1.90 bits per heavy atom. The van der Waals surface area contributed by atoms with Crippen LogP contribution in [0.25, 0.3) is 11.4 Å². The first-order valence-electron chi connectivity index (χ1n) is 10.7. The molecule has 5 rings (SSSR count). The van der Waals surface area contributed by atoms with Crippen molar-refractivity contribution in [3.05, 3.63) is 36.0 Å². The van der Waals surface area contributed by atoms with Crippen molar-refractivity contribution in [2.24, 2.45) is 0 Å². The van der Waals surface area contributed by atoms with E-state index in [0.717, 1.165) is 37.2 Å². The molecule has 2 heterocycles. The van der Waals surface area contributed by atoms with E-state index in [1.807, 2.05) is 30.3 Å². The molecule has 3 fully saturated rings. The van der Waals surface area contributed by atoms with Crippen molar-refractivity contribution in [2.75, 3.05) is 30.4 Å². The highest BCUT2D eigenvalue weighted by molar-refractivity contribution is 7.93. The van der Waals surface area contributed by atoms with E-state index in [1.54, 1.807) is 0 Å². The summed E-state index contributed by atoms with van der Waals surface area (Å²) >= 11 is 0. The summed E-state index contributed by atoms with van der Waals surface area (Å²) in [5, 5.41) is -0.210. The number of morpholine rings is 1. The number of nitrogens with two attached hydrogens (primary N) is 1. The van der Waals surface area contributed by atoms with Crippen LogP contribution in [0.4, 0.5) is 11.5 Å². The topological polar surface area (TPSA) is 98.4 Å². The van der Waals surface area contributed by atoms with Crippen molar-refractivity contribution in [3.8, 4) is 11.4 Å². The highest BCUT2D eigenvalue weighted by Gasteiger charge is 2.57. The summed E-state index contributed by atoms with van der Waals surface area (Å²) in [5.74, 6) is 1.33. The molecule has 0 bridgehead atoms. The number of ether oxygens (including phenoxy) is 1. The largest absolute Gasteiger partial charge is 0.399 e. The smallest absolute Gasteiger partial charge is 0.164 e. The van der Waals surface area contributed by atoms with Crippen molar-refractivity contribution in [1.82, 2.24) is 9.97 Å². The number of benzene rings is 1. The predicted molar refractivity (Wildman–Crippen MR) is 117 cm³/mol. The minimum absolute atomic E-state index is 0.165. The lowest BCUT2D eigenvalue weighted by atomic mass is 9.81. The Bertz CT molecular complexity index is 1050. The molecule has 0 unspecified atom stereocenters. The maximum absolute atomic E-state index is 13.4. The SMILES string of the molecule is C[C@H]1COCCN1c1cc(C2(S(=O)(=O)C3CC3)CCC2)nc(-c2ccc(N)cc2)n1. The fourth-order valence-corrected chi connectivity index (χ4v) is 7.17. The molecule has 1 saturated heterocycles. The summed E-state index contributed by atoms with van der Waals surface area (Å²) in [5.41, 5.74) is 8.01. The highest BCUT2D eigenvalue weighted by atomic mass is 32.2. The molecule has 7 nitrogen and oxygen atoms in total. The van der Waals surface area contributed by atoms with Gasteiger partial charge in [0.2, 0.25) is 0 Å². The van der Waals surface area contributed by atoms with Crippen LogP contribution in [0.2, 0.25) is 0 Å². The second kappa shape index (κ2) is 7.20. The monoisotopic (exact) mass is 428 g/mol. The molecule has 0 spiro atoms. The van der Waals surface area contributed by atoms with Crippen LogP contribution >= 0.6 is 0 Å². The Balaban J connectivity index is 1.65. The molecule has 2 aromatic rings. The van der Waals surface area contributed by atoms with Crippen molar-refractivity contribution in [1.29, 1.82) is 0 Å². The number of hydrogen-bond donors (Lipinski definition) is 1. The first-order valence-corrected chi connectivity index (χ1v) is 12.3. The number of nitrogens with zero attached hydrogens (tertiary/aromatic N) is 3. The minimum Gasteiger partial charge on any atom is -0.399 e. The Morgan fingerprint density at radius 3 is 2.50 bits per heavy atom. The summed E-state index contributed by atoms with van der Waals surface area (Å²) in [6.45, 7) is 4.08. The van der Waals surface area contributed by atoms with Gasteiger partial charge in [-0.25, -0.2) is 18.4 Å². The number of rotatable bonds is 5. The van der Waals surface area contributed by atoms with E-state index >= 15 is 0 Å². The molecule has 1 aliphatic heterocycles. The molecule has 2 aliphatic carbocycles. The van der Waals surface area contributed by atoms with Gasteiger partial charge >= 0.3 is 0 Å². The quantitative estimate of drug-likeness (QED) is 0.731. The molecule has 1 atom stereocenters. The lowest BCUT2D eigenvalue weighted by Gasteiger charge is -2.41. The highest BCUT2D eigenvalue weighted by Crippen LogP contribution is 2.53. The molecule has 2 N–H and O–H groups in total. The van der Waals surface area contributed by atoms with Gasteiger partial charge in [-0.3, -0.25) is 0 Å². The first kappa shape index (κ1) is 19.8. The van der Waals surface area contributed by atoms with Gasteiger partial charge in [-0.1, -0.05) is 0 Å². The maximum atomic E-state index is 13.4. The average molecular weight is 429 g/mol. The molecule has 160 valence electrons. The molecule has 1 aromatic carbocycles. The molecule has 0 amide bonds. The third-order valence-electron chi connectivity index (χ3n) is 6.68. The van der Waals surface area contributed by atoms with E-state index in [1.165, 1.54) is 0 Å². The lowest BCUT2D eigenvalue weighted by molar-refractivity contribution is 0.0985. The van der Waals surface area contributed by atoms with Crippen LogP contribution in [0.1, 0.15) is 44.7 Å². The zero-order valence-corrected chi connectivity index (χ0v) is 18.1. The van der Waals surface area contributed by atoms with E-state index in [0.29, 0.717) is 43.3 Å². The van der Waals surface area contributed by atoms with Crippen molar-refractivity contribution >= 4 is 21.3 Å². The molecule has 30 heavy (non-hydrogen) atoms. The van der Waals surface area contributed by atoms with E-state index < -0.39 is 14.6 Å². The molecule has 1 aromatic heterocycles. The van der Waals surface area contributed by atoms with E-state index in [-0.39, 0.29) is 11.3 Å². The van der Waals surface area contributed by atoms with Gasteiger partial charge in [0.05, 0.1) is 30.2 Å². The number of sulfone groups is 1. The van der Waals surface area contributed by atoms with Gasteiger partial charge in [-0.05, 0) is 63.3 Å². The lowest BCUT2D eigenvalue weighted by Crippen LogP contribution is -2.46. The van der Waals surface area contributed by atoms with Crippen LogP contribution in [-0.2, 0) is 19.3 Å². The minimum atomic E-state index is -3.26. The summed E-state index contributed by atoms with van der Waals surface area (Å²) < 4.78 is 31.6. The molecule has 2 saturated carbocycles. The third kappa shape index (κ3) is 3.17. The molecule has 8 heteroatoms. The normalized spacial score (nSPS) is 23.8. The standard InChI is InChI=1S/C22H28N4O3S/c1-15-14-29-12-11-26(15)20-13-19(22(9-2-10-22)30(27,28)18-7-8-18)24-21(25-20)16-3-5-17(23)6-4-16/h3-6,13,15,18H,2,7-12,14,23H2,1H3/t15-/m0/s1. The zero-order chi connectivity index (χ0) is 20.9. The van der Waals surface area contributed by atoms with Gasteiger partial charge in [0.15, 0.2) is 15.7 Å². The van der Waals surface area contributed by atoms with Crippen LogP contribution in [0.15, 0.2) is 30.3 Å². The van der Waals surface area contributed by atoms with Crippen LogP contribution in [0, 0.1) is 0 Å². The second-order valence-corrected chi connectivity index (χ2v) is 11.3. The second-order valence-electron chi connectivity index (χ2n) is 8.77. The summed E-state index contributed by atoms with van der Waals surface area (Å²) in [6, 6.07) is 9.51. The van der Waals surface area contributed by atoms with Gasteiger partial charge in [0, 0.05) is 23.9 Å². The number of aromatic nitrogens is 2. The zero-order valence-electron chi connectivity index (χ0n) is 17.3. The number of hydrogen-bond acceptors (Lipinski definition) is 7. The van der Waals surface area contributed by atoms with Gasteiger partial charge < -0.3 is 15.4 Å². The Morgan fingerprint density at radius 1 is 1.17 bits per heavy atom. The summed E-state index contributed by atoms with van der Waals surface area (Å²) in [7, 11) is -3.26. The van der Waals surface area contributed by atoms with Gasteiger partial charge in [-0.2, -0.15) is 0 Å². The fourth-order valence-electron chi connectivity index (χ4n) is 4.53. The average Bonchev–Trinajstić information content (AvgIpc) is 3.53. The molecular weight excluding hydrogens is 400 g/mol. The first-order chi connectivity index (χ1) is 14.4. The molecule has 0 radical (unpaired) electrons. The predicted octanol–water partition coefficient (Wildman–Crippen LogP) is 2.91. The van der Waals surface area contributed by atoms with E-state index in [9.17, 15) is 8.42 Å². The molecular formula is C22H28N4O3S. The van der Waals surface area contributed by atoms with Crippen LogP contribution < -0.4 is 10.6 Å². The van der Waals surface area contributed by atoms with Crippen molar-refractivity contribution in [3.63, 3.8) is 0 Å². The Kier molecular flexibility index (Phi) is 4.74. The Labute approximate surface area is 177 Å². The summed E-state index contributed by atoms with van der Waals surface area (Å²) in [4.78, 5) is 11.9. The third-order valence-corrected chi connectivity index (χ3v) is 9.74. The van der Waals surface area contributed by atoms with Crippen molar-refractivity contribution < 1.29 is 13.2 Å². The van der Waals surface area contributed by atoms with Gasteiger partial charge in [0.1, 0.15) is 10.6 Å². The summed E-state index contributed by atoms with van der Waals surface area (Å²) in [6.07, 6.45) is 3.74. The number of nitrogen functional groups attached to an aromatic ring is 1. The fraction of sp³-hybridized carbons (Fsp3) is 0.545. The Hall–Kier alpha value is -2.19. The number of anilines is 2. The van der Waals surface area contributed by atoms with E-state index in [2.05, 4.69) is 11.8 Å². The van der Waals surface area contributed by atoms with E-state index in [4.69, 9.17) is 20.4 Å². The van der Waals surface area contributed by atoms with Gasteiger partial charge in [0.25, 0.3) is 0 Å². The van der Waals surface area contributed by atoms with Crippen LogP contribution in [-0.4, -0.2) is 49.4 Å². The maximum Gasteiger partial charge on any atom is 0.164 e.